The number of hydrogen-bond donors (Lipinski definition) is 2. The molecule has 2 N–H and O–H groups in total. The number of rotatable bonds is 7. The van der Waals surface area contributed by atoms with E-state index in [4.69, 9.17) is 33.2 Å². The highest BCUT2D eigenvalue weighted by molar-refractivity contribution is 6.35. The summed E-state index contributed by atoms with van der Waals surface area (Å²) in [7, 11) is 0. The number of benzene rings is 1. The van der Waals surface area contributed by atoms with Crippen molar-refractivity contribution in [1.29, 1.82) is 0 Å². The molecule has 3 aliphatic rings. The quantitative estimate of drug-likeness (QED) is 0.447. The van der Waals surface area contributed by atoms with Crippen LogP contribution < -0.4 is 10.2 Å². The first-order valence-electron chi connectivity index (χ1n) is 13.4. The van der Waals surface area contributed by atoms with E-state index in [0.29, 0.717) is 33.4 Å². The molecule has 1 saturated carbocycles. The van der Waals surface area contributed by atoms with Crippen LogP contribution in [0, 0.1) is 17.8 Å². The molecule has 6 nitrogen and oxygen atoms in total. The highest BCUT2D eigenvalue weighted by Crippen LogP contribution is 2.38. The summed E-state index contributed by atoms with van der Waals surface area (Å²) in [5.41, 5.74) is 0.483. The fourth-order valence-corrected chi connectivity index (χ4v) is 6.58. The lowest BCUT2D eigenvalue weighted by Gasteiger charge is -2.50. The third-order valence-corrected chi connectivity index (χ3v) is 8.91. The molecule has 0 unspecified atom stereocenters. The van der Waals surface area contributed by atoms with Gasteiger partial charge in [-0.2, -0.15) is 4.98 Å². The molecule has 0 amide bonds. The topological polar surface area (TPSA) is 64.5 Å². The number of likely N-dealkylation sites (tertiary alicyclic amines) is 1. The maximum Gasteiger partial charge on any atom is 0.227 e. The first-order chi connectivity index (χ1) is 17.1. The maximum absolute atomic E-state index is 10.7. The van der Waals surface area contributed by atoms with Gasteiger partial charge in [-0.3, -0.25) is 0 Å². The van der Waals surface area contributed by atoms with E-state index in [0.717, 1.165) is 36.5 Å². The Kier molecular flexibility index (Phi) is 7.43. The smallest absolute Gasteiger partial charge is 0.227 e. The first-order valence-corrected chi connectivity index (χ1v) is 14.1. The third kappa shape index (κ3) is 5.62. The molecule has 0 bridgehead atoms. The Balaban J connectivity index is 1.27. The minimum atomic E-state index is -1.07. The lowest BCUT2D eigenvalue weighted by molar-refractivity contribution is 0.0294. The summed E-state index contributed by atoms with van der Waals surface area (Å²) in [5, 5.41) is 15.4. The number of halogens is 2. The van der Waals surface area contributed by atoms with Gasteiger partial charge in [0.2, 0.25) is 5.95 Å². The van der Waals surface area contributed by atoms with E-state index in [2.05, 4.69) is 22.0 Å². The van der Waals surface area contributed by atoms with Crippen LogP contribution in [0.2, 0.25) is 10.0 Å². The molecular weight excluding hydrogens is 493 g/mol. The predicted octanol–water partition coefficient (Wildman–Crippen LogP) is 6.13. The fourth-order valence-electron chi connectivity index (χ4n) is 6.00. The molecule has 3 fully saturated rings. The number of anilines is 2. The SMILES string of the molecule is CC1CC(N2CCC[C@H](C3CN(c4nc(N[C@H](C)c5ccc(Cl)cc5Cl)cc(C(C)(C)O)n4)C3)C2)C1. The molecule has 1 aliphatic carbocycles. The summed E-state index contributed by atoms with van der Waals surface area (Å²) in [5.74, 6) is 3.71. The van der Waals surface area contributed by atoms with Crippen LogP contribution in [-0.4, -0.2) is 52.2 Å². The minimum Gasteiger partial charge on any atom is -0.384 e. The molecular formula is C28H39Cl2N5O. The molecule has 3 heterocycles. The van der Waals surface area contributed by atoms with Crippen LogP contribution in [0.15, 0.2) is 24.3 Å². The molecule has 2 saturated heterocycles. The van der Waals surface area contributed by atoms with Crippen LogP contribution in [-0.2, 0) is 5.60 Å². The molecule has 1 aromatic heterocycles. The van der Waals surface area contributed by atoms with E-state index in [-0.39, 0.29) is 6.04 Å². The second kappa shape index (κ2) is 10.3. The summed E-state index contributed by atoms with van der Waals surface area (Å²) in [6.07, 6.45) is 5.39. The Morgan fingerprint density at radius 1 is 1.08 bits per heavy atom. The largest absolute Gasteiger partial charge is 0.384 e. The summed E-state index contributed by atoms with van der Waals surface area (Å²) in [6, 6.07) is 8.09. The van der Waals surface area contributed by atoms with E-state index in [1.807, 2.05) is 25.1 Å². The highest BCUT2D eigenvalue weighted by atomic mass is 35.5. The van der Waals surface area contributed by atoms with E-state index in [1.54, 1.807) is 19.9 Å². The molecule has 2 aromatic rings. The van der Waals surface area contributed by atoms with Gasteiger partial charge in [0, 0.05) is 41.8 Å². The molecule has 196 valence electrons. The number of nitrogens with one attached hydrogen (secondary N) is 1. The van der Waals surface area contributed by atoms with Crippen molar-refractivity contribution in [3.63, 3.8) is 0 Å². The van der Waals surface area contributed by atoms with Gasteiger partial charge in [0.05, 0.1) is 11.7 Å². The molecule has 36 heavy (non-hydrogen) atoms. The zero-order chi connectivity index (χ0) is 25.6. The molecule has 2 atom stereocenters. The number of nitrogens with zero attached hydrogens (tertiary/aromatic N) is 4. The normalized spacial score (nSPS) is 26.3. The second-order valence-electron chi connectivity index (χ2n) is 11.8. The first kappa shape index (κ1) is 26.0. The van der Waals surface area contributed by atoms with Gasteiger partial charge >= 0.3 is 0 Å². The van der Waals surface area contributed by atoms with Crippen LogP contribution in [0.5, 0.6) is 0 Å². The van der Waals surface area contributed by atoms with E-state index >= 15 is 0 Å². The Bertz CT molecular complexity index is 1080. The van der Waals surface area contributed by atoms with Crippen LogP contribution in [0.1, 0.15) is 70.7 Å². The molecule has 2 aliphatic heterocycles. The van der Waals surface area contributed by atoms with Gasteiger partial charge in [-0.15, -0.1) is 0 Å². The van der Waals surface area contributed by atoms with Gasteiger partial charge in [0.25, 0.3) is 0 Å². The number of aliphatic hydroxyl groups is 1. The molecule has 0 spiro atoms. The van der Waals surface area contributed by atoms with Crippen molar-refractivity contribution in [3.8, 4) is 0 Å². The number of aromatic nitrogens is 2. The maximum atomic E-state index is 10.7. The van der Waals surface area contributed by atoms with Crippen LogP contribution >= 0.6 is 23.2 Å². The van der Waals surface area contributed by atoms with Crippen LogP contribution in [0.4, 0.5) is 11.8 Å². The van der Waals surface area contributed by atoms with Gasteiger partial charge in [0.15, 0.2) is 0 Å². The number of piperidine rings is 1. The Morgan fingerprint density at radius 2 is 1.83 bits per heavy atom. The van der Waals surface area contributed by atoms with Crippen molar-refractivity contribution in [1.82, 2.24) is 14.9 Å². The lowest BCUT2D eigenvalue weighted by atomic mass is 9.76. The zero-order valence-corrected chi connectivity index (χ0v) is 23.4. The lowest BCUT2D eigenvalue weighted by Crippen LogP contribution is -2.56. The van der Waals surface area contributed by atoms with Gasteiger partial charge in [0.1, 0.15) is 11.4 Å². The van der Waals surface area contributed by atoms with Crippen LogP contribution in [0.3, 0.4) is 0 Å². The van der Waals surface area contributed by atoms with E-state index in [1.165, 1.54) is 38.8 Å². The van der Waals surface area contributed by atoms with E-state index < -0.39 is 5.60 Å². The second-order valence-corrected chi connectivity index (χ2v) is 12.7. The monoisotopic (exact) mass is 531 g/mol. The summed E-state index contributed by atoms with van der Waals surface area (Å²) in [4.78, 5) is 14.6. The van der Waals surface area contributed by atoms with Gasteiger partial charge < -0.3 is 20.2 Å². The fraction of sp³-hybridized carbons (Fsp3) is 0.643. The van der Waals surface area contributed by atoms with Gasteiger partial charge in [-0.25, -0.2) is 4.98 Å². The Hall–Kier alpha value is -1.60. The zero-order valence-electron chi connectivity index (χ0n) is 21.8. The van der Waals surface area contributed by atoms with Crippen molar-refractivity contribution in [2.45, 2.75) is 71.1 Å². The van der Waals surface area contributed by atoms with Gasteiger partial charge in [-0.05, 0) is 88.4 Å². The van der Waals surface area contributed by atoms with Crippen molar-refractivity contribution in [2.75, 3.05) is 36.4 Å². The predicted molar refractivity (Wildman–Crippen MR) is 148 cm³/mol. The average Bonchev–Trinajstić information content (AvgIpc) is 2.75. The molecule has 0 radical (unpaired) electrons. The summed E-state index contributed by atoms with van der Waals surface area (Å²) in [6.45, 7) is 12.4. The van der Waals surface area contributed by atoms with Gasteiger partial charge in [-0.1, -0.05) is 36.2 Å². The highest BCUT2D eigenvalue weighted by Gasteiger charge is 2.40. The Morgan fingerprint density at radius 3 is 2.50 bits per heavy atom. The van der Waals surface area contributed by atoms with Crippen molar-refractivity contribution >= 4 is 35.0 Å². The van der Waals surface area contributed by atoms with Crippen molar-refractivity contribution < 1.29 is 5.11 Å². The molecule has 8 heteroatoms. The third-order valence-electron chi connectivity index (χ3n) is 8.35. The summed E-state index contributed by atoms with van der Waals surface area (Å²) >= 11 is 12.5. The van der Waals surface area contributed by atoms with Crippen LogP contribution in [0.25, 0.3) is 0 Å². The number of hydrogen-bond acceptors (Lipinski definition) is 6. The Labute approximate surface area is 225 Å². The summed E-state index contributed by atoms with van der Waals surface area (Å²) < 4.78 is 0. The minimum absolute atomic E-state index is 0.0845. The molecule has 1 aromatic carbocycles. The average molecular weight is 533 g/mol. The van der Waals surface area contributed by atoms with Crippen molar-refractivity contribution in [3.05, 3.63) is 45.6 Å². The molecule has 5 rings (SSSR count). The van der Waals surface area contributed by atoms with Crippen molar-refractivity contribution in [2.24, 2.45) is 17.8 Å². The van der Waals surface area contributed by atoms with E-state index in [9.17, 15) is 5.11 Å². The standard InChI is InChI=1S/C28H39Cl2N5O/c1-17-10-22(11-17)34-9-5-6-19(14-34)20-15-35(16-20)27-32-25(28(3,4)36)13-26(33-27)31-18(2)23-8-7-21(29)12-24(23)30/h7-8,12-13,17-20,22,36H,5-6,9-11,14-16H2,1-4H3,(H,31,32,33)/t17?,18-,19+,22?/m1/s1.